The number of amides is 1. The van der Waals surface area contributed by atoms with Gasteiger partial charge >= 0.3 is 12.1 Å². The van der Waals surface area contributed by atoms with Crippen LogP contribution < -0.4 is 0 Å². The molecule has 9 nitrogen and oxygen atoms in total. The van der Waals surface area contributed by atoms with E-state index < -0.39 is 47.6 Å². The van der Waals surface area contributed by atoms with Crippen molar-refractivity contribution in [3.8, 4) is 6.07 Å². The summed E-state index contributed by atoms with van der Waals surface area (Å²) in [4.78, 5) is 44.0. The van der Waals surface area contributed by atoms with Gasteiger partial charge < -0.3 is 9.64 Å². The lowest BCUT2D eigenvalue weighted by molar-refractivity contribution is -0.151. The third-order valence-corrected chi connectivity index (χ3v) is 7.78. The number of halogens is 5. The van der Waals surface area contributed by atoms with Gasteiger partial charge in [-0.05, 0) is 44.2 Å². The third kappa shape index (κ3) is 7.17. The van der Waals surface area contributed by atoms with E-state index in [0.717, 1.165) is 15.8 Å². The molecule has 0 atom stereocenters. The summed E-state index contributed by atoms with van der Waals surface area (Å²) in [5, 5.41) is 13.3. The van der Waals surface area contributed by atoms with Gasteiger partial charge in [0, 0.05) is 18.9 Å². The average molecular weight is 636 g/mol. The van der Waals surface area contributed by atoms with E-state index in [1.54, 1.807) is 19.1 Å². The molecule has 2 heterocycles. The molecule has 14 heteroatoms. The highest BCUT2D eigenvalue weighted by Gasteiger charge is 2.43. The number of nitrogens with zero attached hydrogens (tertiary/aromatic N) is 5. The predicted octanol–water partition coefficient (Wildman–Crippen LogP) is 6.30. The Morgan fingerprint density at radius 1 is 1.09 bits per heavy atom. The van der Waals surface area contributed by atoms with E-state index in [4.69, 9.17) is 27.9 Å². The number of aromatic nitrogens is 3. The molecular formula is C29H26Cl2F3N5O4. The van der Waals surface area contributed by atoms with Gasteiger partial charge in [0.15, 0.2) is 11.5 Å². The molecule has 3 aromatic rings. The summed E-state index contributed by atoms with van der Waals surface area (Å²) in [6.07, 6.45) is -0.718. The highest BCUT2D eigenvalue weighted by molar-refractivity contribution is 6.39. The highest BCUT2D eigenvalue weighted by atomic mass is 35.5. The van der Waals surface area contributed by atoms with Crippen LogP contribution in [0.2, 0.25) is 10.0 Å². The fraction of sp³-hybridized carbons (Fsp3) is 0.379. The molecule has 1 fully saturated rings. The predicted molar refractivity (Wildman–Crippen MR) is 149 cm³/mol. The lowest BCUT2D eigenvalue weighted by Crippen LogP contribution is -2.37. The molecule has 0 bridgehead atoms. The van der Waals surface area contributed by atoms with Gasteiger partial charge in [-0.2, -0.15) is 23.5 Å². The summed E-state index contributed by atoms with van der Waals surface area (Å²) in [6.45, 7) is 0.827. The Balaban J connectivity index is 1.70. The van der Waals surface area contributed by atoms with E-state index >= 15 is 0 Å². The molecule has 43 heavy (non-hydrogen) atoms. The van der Waals surface area contributed by atoms with Crippen molar-refractivity contribution in [1.29, 1.82) is 5.26 Å². The monoisotopic (exact) mass is 635 g/mol. The second-order valence-corrected chi connectivity index (χ2v) is 10.8. The Hall–Kier alpha value is -3.95. The fourth-order valence-electron chi connectivity index (χ4n) is 5.17. The number of pyridine rings is 1. The fourth-order valence-corrected chi connectivity index (χ4v) is 5.74. The lowest BCUT2D eigenvalue weighted by Gasteiger charge is -2.29. The molecule has 0 unspecified atom stereocenters. The van der Waals surface area contributed by atoms with E-state index in [9.17, 15) is 32.8 Å². The maximum atomic E-state index is 14.5. The number of rotatable bonds is 9. The van der Waals surface area contributed by atoms with Crippen molar-refractivity contribution in [2.45, 2.75) is 51.4 Å². The molecule has 4 rings (SSSR count). The molecule has 1 saturated carbocycles. The van der Waals surface area contributed by atoms with E-state index in [1.807, 2.05) is 6.07 Å². The molecule has 0 N–H and O–H groups in total. The van der Waals surface area contributed by atoms with Crippen LogP contribution >= 0.6 is 23.2 Å². The number of hydrogen-bond acceptors (Lipinski definition) is 7. The number of carbonyl (C=O) groups is 3. The molecule has 1 aliphatic rings. The molecule has 0 saturated heterocycles. The van der Waals surface area contributed by atoms with Crippen molar-refractivity contribution in [3.63, 3.8) is 0 Å². The number of ether oxygens (including phenoxy) is 1. The van der Waals surface area contributed by atoms with E-state index in [-0.39, 0.29) is 53.1 Å². The lowest BCUT2D eigenvalue weighted by atomic mass is 9.86. The zero-order chi connectivity index (χ0) is 31.3. The summed E-state index contributed by atoms with van der Waals surface area (Å²) in [5.74, 6) is -2.67. The normalized spacial score (nSPS) is 16.8. The zero-order valence-corrected chi connectivity index (χ0v) is 24.4. The van der Waals surface area contributed by atoms with Crippen LogP contribution in [-0.2, 0) is 22.3 Å². The molecule has 0 aliphatic heterocycles. The standard InChI is InChI=1S/C29H26Cl2F3N5O4/c1-2-43-28(42)17-7-9-20(10-8-17)39-26(29(32,33)34)21(12-37-39)27(41)38(15-19-6-4-3-5-18(19)11-35)16-24(40)25-22(30)13-36-14-23(25)31/h3-6,12-14,17,20H,2,7-10,15-16H2,1H3/t17-,20-. The summed E-state index contributed by atoms with van der Waals surface area (Å²) in [7, 11) is 0. The van der Waals surface area contributed by atoms with Crippen LogP contribution in [0.15, 0.2) is 42.9 Å². The minimum absolute atomic E-state index is 0.0930. The number of alkyl halides is 3. The second-order valence-electron chi connectivity index (χ2n) is 9.94. The van der Waals surface area contributed by atoms with E-state index in [2.05, 4.69) is 10.1 Å². The van der Waals surface area contributed by atoms with Crippen molar-refractivity contribution in [3.05, 3.63) is 80.8 Å². The van der Waals surface area contributed by atoms with E-state index in [0.29, 0.717) is 18.4 Å². The zero-order valence-electron chi connectivity index (χ0n) is 22.9. The van der Waals surface area contributed by atoms with Crippen LogP contribution in [0, 0.1) is 17.2 Å². The smallest absolute Gasteiger partial charge is 0.433 e. The van der Waals surface area contributed by atoms with E-state index in [1.165, 1.54) is 24.5 Å². The van der Waals surface area contributed by atoms with Crippen molar-refractivity contribution >= 4 is 40.9 Å². The quantitative estimate of drug-likeness (QED) is 0.200. The molecule has 1 amide bonds. The Morgan fingerprint density at radius 3 is 2.35 bits per heavy atom. The number of ketones is 1. The Bertz CT molecular complexity index is 1540. The van der Waals surface area contributed by atoms with Gasteiger partial charge in [-0.1, -0.05) is 41.4 Å². The van der Waals surface area contributed by atoms with Crippen LogP contribution in [0.1, 0.15) is 76.2 Å². The van der Waals surface area contributed by atoms with Gasteiger partial charge in [-0.15, -0.1) is 0 Å². The maximum Gasteiger partial charge on any atom is 0.433 e. The van der Waals surface area contributed by atoms with Crippen molar-refractivity contribution in [1.82, 2.24) is 19.7 Å². The van der Waals surface area contributed by atoms with Gasteiger partial charge in [0.05, 0.1) is 64.1 Å². The molecule has 2 aromatic heterocycles. The van der Waals surface area contributed by atoms with Crippen LogP contribution in [-0.4, -0.2) is 50.5 Å². The number of Topliss-reactive ketones (excluding diaryl/α,β-unsaturated/α-hetero) is 1. The topological polar surface area (TPSA) is 118 Å². The van der Waals surface area contributed by atoms with Gasteiger partial charge in [0.25, 0.3) is 5.91 Å². The highest BCUT2D eigenvalue weighted by Crippen LogP contribution is 2.39. The minimum atomic E-state index is -4.97. The minimum Gasteiger partial charge on any atom is -0.466 e. The first kappa shape index (κ1) is 32.0. The number of benzene rings is 1. The van der Waals surface area contributed by atoms with Crippen molar-refractivity contribution in [2.75, 3.05) is 13.2 Å². The number of hydrogen-bond donors (Lipinski definition) is 0. The average Bonchev–Trinajstić information content (AvgIpc) is 3.43. The first-order chi connectivity index (χ1) is 20.5. The van der Waals surface area contributed by atoms with Gasteiger partial charge in [-0.3, -0.25) is 24.0 Å². The molecule has 0 radical (unpaired) electrons. The third-order valence-electron chi connectivity index (χ3n) is 7.21. The molecule has 1 aromatic carbocycles. The van der Waals surface area contributed by atoms with Crippen LogP contribution in [0.4, 0.5) is 13.2 Å². The summed E-state index contributed by atoms with van der Waals surface area (Å²) < 4.78 is 49.5. The van der Waals surface area contributed by atoms with Gasteiger partial charge in [-0.25, -0.2) is 0 Å². The molecule has 0 spiro atoms. The number of carbonyl (C=O) groups excluding carboxylic acids is 3. The molecule has 1 aliphatic carbocycles. The molecular weight excluding hydrogens is 610 g/mol. The first-order valence-electron chi connectivity index (χ1n) is 13.4. The molecule has 226 valence electrons. The largest absolute Gasteiger partial charge is 0.466 e. The van der Waals surface area contributed by atoms with Gasteiger partial charge in [0.2, 0.25) is 0 Å². The summed E-state index contributed by atoms with van der Waals surface area (Å²) in [5.41, 5.74) is -1.67. The van der Waals surface area contributed by atoms with Crippen LogP contribution in [0.25, 0.3) is 0 Å². The Kier molecular flexibility index (Phi) is 10.1. The van der Waals surface area contributed by atoms with Crippen LogP contribution in [0.5, 0.6) is 0 Å². The van der Waals surface area contributed by atoms with Crippen molar-refractivity contribution in [2.24, 2.45) is 5.92 Å². The summed E-state index contributed by atoms with van der Waals surface area (Å²) in [6, 6.07) is 7.48. The Labute approximate surface area is 255 Å². The maximum absolute atomic E-state index is 14.5. The number of nitriles is 1. The van der Waals surface area contributed by atoms with Gasteiger partial charge in [0.1, 0.15) is 0 Å². The van der Waals surface area contributed by atoms with Crippen LogP contribution in [0.3, 0.4) is 0 Å². The Morgan fingerprint density at radius 2 is 1.74 bits per heavy atom. The first-order valence-corrected chi connectivity index (χ1v) is 14.1. The second kappa shape index (κ2) is 13.6. The van der Waals surface area contributed by atoms with Crippen molar-refractivity contribution < 1.29 is 32.3 Å². The SMILES string of the molecule is CCOC(=O)[C@H]1CC[C@H](n2ncc(C(=O)N(CC(=O)c3c(Cl)cncc3Cl)Cc3ccccc3C#N)c2C(F)(F)F)CC1. The summed E-state index contributed by atoms with van der Waals surface area (Å²) >= 11 is 12.3. The number of esters is 1.